The van der Waals surface area contributed by atoms with Crippen molar-refractivity contribution in [2.75, 3.05) is 7.11 Å². The Balaban J connectivity index is 1.14. The van der Waals surface area contributed by atoms with Crippen LogP contribution in [0.15, 0.2) is 49.1 Å². The summed E-state index contributed by atoms with van der Waals surface area (Å²) >= 11 is 0. The predicted octanol–water partition coefficient (Wildman–Crippen LogP) is 1.17. The zero-order valence-corrected chi connectivity index (χ0v) is 29.5. The zero-order valence-electron chi connectivity index (χ0n) is 28.7. The molecule has 3 unspecified atom stereocenters. The van der Waals surface area contributed by atoms with Gasteiger partial charge in [-0.2, -0.15) is 0 Å². The second-order valence-electron chi connectivity index (χ2n) is 13.9. The maximum atomic E-state index is 14.4. The number of amides is 4. The van der Waals surface area contributed by atoms with Crippen molar-refractivity contribution in [2.24, 2.45) is 5.92 Å². The maximum Gasteiger partial charge on any atom is 0.408 e. The number of alkyl carbamates (subject to hydrolysis) is 1. The standard InChI is InChI=1S/C34H42N8O9S/c1-3-21-19-34(21,32(45)39-52(47,48)24-16-17-24)36-30(43)27-18-28(51-42-38-29(37-40-42)20-12-14-22(49-2)15-13-20)26-11-7-6-10-25(31(44)41(26)27)35-33(46)50-23-8-4-5-9-23/h3,6-7,12-15,21,23-28H,1,4-5,8-11,16-19H2,2H3,(H,35,46)(H,36,43)(H,39,45)/b7-6-/t21-,25?,26?,27+,28-,34?/m1/s1. The first-order valence-corrected chi connectivity index (χ1v) is 19.1. The number of carbonyl (C=O) groups is 4. The number of rotatable bonds is 12. The molecule has 7 rings (SSSR count). The monoisotopic (exact) mass is 738 g/mol. The number of aromatic nitrogens is 4. The number of nitrogens with zero attached hydrogens (tertiary/aromatic N) is 5. The van der Waals surface area contributed by atoms with Gasteiger partial charge in [-0.25, -0.2) is 13.2 Å². The Labute approximate surface area is 300 Å². The third-order valence-electron chi connectivity index (χ3n) is 10.4. The molecule has 3 N–H and O–H groups in total. The first kappa shape index (κ1) is 35.4. The molecular formula is C34H42N8O9S. The molecule has 1 aromatic carbocycles. The summed E-state index contributed by atoms with van der Waals surface area (Å²) in [6.07, 6.45) is 8.21. The molecule has 278 valence electrons. The third kappa shape index (κ3) is 7.20. The van der Waals surface area contributed by atoms with E-state index in [0.717, 1.165) is 30.6 Å². The van der Waals surface area contributed by atoms with Gasteiger partial charge in [-0.3, -0.25) is 19.1 Å². The van der Waals surface area contributed by atoms with Crippen LogP contribution in [0.1, 0.15) is 64.2 Å². The topological polar surface area (TPSA) is 213 Å². The molecule has 0 radical (unpaired) electrons. The van der Waals surface area contributed by atoms with Crippen LogP contribution in [0.5, 0.6) is 5.75 Å². The summed E-state index contributed by atoms with van der Waals surface area (Å²) in [5, 5.41) is 17.3. The minimum absolute atomic E-state index is 0.0362. The highest BCUT2D eigenvalue weighted by Gasteiger charge is 2.62. The van der Waals surface area contributed by atoms with Crippen LogP contribution < -0.4 is 24.9 Å². The highest BCUT2D eigenvalue weighted by Crippen LogP contribution is 2.46. The number of benzene rings is 1. The number of hydrogen-bond donors (Lipinski definition) is 3. The molecule has 2 aliphatic heterocycles. The summed E-state index contributed by atoms with van der Waals surface area (Å²) in [4.78, 5) is 63.5. The van der Waals surface area contributed by atoms with E-state index in [1.165, 1.54) is 11.0 Å². The molecule has 3 saturated carbocycles. The first-order valence-electron chi connectivity index (χ1n) is 17.6. The minimum Gasteiger partial charge on any atom is -0.497 e. The molecule has 6 atom stereocenters. The van der Waals surface area contributed by atoms with Crippen molar-refractivity contribution in [3.05, 3.63) is 49.1 Å². The van der Waals surface area contributed by atoms with Gasteiger partial charge in [-0.1, -0.05) is 23.3 Å². The Morgan fingerprint density at radius 3 is 2.46 bits per heavy atom. The van der Waals surface area contributed by atoms with Gasteiger partial charge in [0.1, 0.15) is 29.5 Å². The van der Waals surface area contributed by atoms with Crippen LogP contribution >= 0.6 is 0 Å². The van der Waals surface area contributed by atoms with Crippen LogP contribution in [0.25, 0.3) is 11.4 Å². The van der Waals surface area contributed by atoms with Crippen molar-refractivity contribution < 1.29 is 41.9 Å². The summed E-state index contributed by atoms with van der Waals surface area (Å²) in [7, 11) is -2.35. The average molecular weight is 739 g/mol. The van der Waals surface area contributed by atoms with Gasteiger partial charge in [0.05, 0.1) is 18.4 Å². The van der Waals surface area contributed by atoms with E-state index in [4.69, 9.17) is 14.3 Å². The Bertz CT molecular complexity index is 1860. The summed E-state index contributed by atoms with van der Waals surface area (Å²) in [6.45, 7) is 3.76. The van der Waals surface area contributed by atoms with Gasteiger partial charge in [0.15, 0.2) is 6.10 Å². The van der Waals surface area contributed by atoms with Crippen LogP contribution in [0, 0.1) is 5.92 Å². The average Bonchev–Trinajstić information content (AvgIpc) is 3.94. The lowest BCUT2D eigenvalue weighted by molar-refractivity contribution is -0.143. The van der Waals surface area contributed by atoms with E-state index >= 15 is 0 Å². The van der Waals surface area contributed by atoms with Crippen molar-refractivity contribution in [2.45, 2.75) is 105 Å². The van der Waals surface area contributed by atoms with Crippen molar-refractivity contribution in [3.63, 3.8) is 0 Å². The summed E-state index contributed by atoms with van der Waals surface area (Å²) in [5.74, 6) is -1.69. The molecule has 2 aromatic rings. The van der Waals surface area contributed by atoms with Crippen molar-refractivity contribution >= 4 is 33.8 Å². The van der Waals surface area contributed by atoms with E-state index in [1.807, 2.05) is 6.08 Å². The highest BCUT2D eigenvalue weighted by molar-refractivity contribution is 7.91. The number of tetrazole rings is 1. The quantitative estimate of drug-likeness (QED) is 0.262. The summed E-state index contributed by atoms with van der Waals surface area (Å²) in [5.41, 5.74) is -0.915. The van der Waals surface area contributed by atoms with Gasteiger partial charge >= 0.3 is 6.09 Å². The molecule has 3 aliphatic carbocycles. The van der Waals surface area contributed by atoms with Gasteiger partial charge in [-0.15, -0.1) is 11.7 Å². The fourth-order valence-corrected chi connectivity index (χ4v) is 8.64. The number of fused-ring (bicyclic) bond motifs is 1. The second kappa shape index (κ2) is 14.2. The smallest absolute Gasteiger partial charge is 0.408 e. The number of methoxy groups -OCH3 is 1. The molecule has 1 aromatic heterocycles. The van der Waals surface area contributed by atoms with Gasteiger partial charge in [0.2, 0.25) is 27.7 Å². The SMILES string of the molecule is C=C[C@@H]1CC1(NC(=O)[C@@H]1C[C@@H](On2nnc(-c3ccc(OC)cc3)n2)C2C/C=C\CC(NC(=O)OC3CCCC3)C(=O)N21)C(=O)NS(=O)(=O)C1CC1. The van der Waals surface area contributed by atoms with Crippen LogP contribution in [0.3, 0.4) is 0 Å². The number of ether oxygens (including phenoxy) is 2. The molecule has 1 saturated heterocycles. The fourth-order valence-electron chi connectivity index (χ4n) is 7.28. The van der Waals surface area contributed by atoms with E-state index in [0.29, 0.717) is 30.6 Å². The van der Waals surface area contributed by atoms with Gasteiger partial charge < -0.3 is 29.8 Å². The Morgan fingerprint density at radius 1 is 1.06 bits per heavy atom. The molecule has 3 heterocycles. The molecular weight excluding hydrogens is 696 g/mol. The zero-order chi connectivity index (χ0) is 36.6. The summed E-state index contributed by atoms with van der Waals surface area (Å²) < 4.78 is 38.3. The maximum absolute atomic E-state index is 14.4. The normalized spacial score (nSPS) is 29.2. The molecule has 4 amide bonds. The van der Waals surface area contributed by atoms with E-state index in [1.54, 1.807) is 37.5 Å². The largest absolute Gasteiger partial charge is 0.497 e. The van der Waals surface area contributed by atoms with Crippen molar-refractivity contribution in [3.8, 4) is 17.1 Å². The molecule has 5 aliphatic rings. The van der Waals surface area contributed by atoms with Crippen LogP contribution in [0.4, 0.5) is 4.79 Å². The lowest BCUT2D eigenvalue weighted by Crippen LogP contribution is -2.60. The van der Waals surface area contributed by atoms with E-state index in [9.17, 15) is 27.6 Å². The van der Waals surface area contributed by atoms with Crippen molar-refractivity contribution in [1.29, 1.82) is 0 Å². The Morgan fingerprint density at radius 2 is 1.79 bits per heavy atom. The number of nitrogens with one attached hydrogen (secondary N) is 3. The summed E-state index contributed by atoms with van der Waals surface area (Å²) in [6, 6.07) is 4.07. The lowest BCUT2D eigenvalue weighted by Gasteiger charge is -2.34. The van der Waals surface area contributed by atoms with E-state index < -0.39 is 74.8 Å². The van der Waals surface area contributed by atoms with Gasteiger partial charge in [0.25, 0.3) is 5.91 Å². The molecule has 52 heavy (non-hydrogen) atoms. The van der Waals surface area contributed by atoms with E-state index in [-0.39, 0.29) is 31.2 Å². The Kier molecular flexibility index (Phi) is 9.67. The molecule has 0 bridgehead atoms. The number of carbonyl (C=O) groups excluding carboxylic acids is 4. The highest BCUT2D eigenvalue weighted by atomic mass is 32.2. The number of sulfonamides is 1. The van der Waals surface area contributed by atoms with Crippen LogP contribution in [-0.2, 0) is 29.1 Å². The Hall–Kier alpha value is -5.00. The van der Waals surface area contributed by atoms with Crippen molar-refractivity contribution in [1.82, 2.24) is 40.6 Å². The third-order valence-corrected chi connectivity index (χ3v) is 12.3. The molecule has 4 fully saturated rings. The van der Waals surface area contributed by atoms with Gasteiger partial charge in [0, 0.05) is 22.9 Å². The lowest BCUT2D eigenvalue weighted by atomic mass is 10.0. The number of hydrogen-bond acceptors (Lipinski definition) is 12. The molecule has 18 heteroatoms. The fraction of sp³-hybridized carbons (Fsp3) is 0.559. The minimum atomic E-state index is -3.90. The van der Waals surface area contributed by atoms with E-state index in [2.05, 4.69) is 37.3 Å². The first-order chi connectivity index (χ1) is 25.0. The molecule has 17 nitrogen and oxygen atoms in total. The predicted molar refractivity (Wildman–Crippen MR) is 183 cm³/mol. The molecule has 0 spiro atoms. The van der Waals surface area contributed by atoms with Crippen LogP contribution in [0.2, 0.25) is 0 Å². The van der Waals surface area contributed by atoms with Gasteiger partial charge in [-0.05, 0) is 87.3 Å². The second-order valence-corrected chi connectivity index (χ2v) is 15.9. The van der Waals surface area contributed by atoms with Crippen LogP contribution in [-0.4, -0.2) is 106 Å².